The minimum absolute atomic E-state index is 0.0751. The molecule has 15 heavy (non-hydrogen) atoms. The first-order valence-corrected chi connectivity index (χ1v) is 5.25. The normalized spacial score (nSPS) is 16.2. The summed E-state index contributed by atoms with van der Waals surface area (Å²) in [6, 6.07) is 8.30. The monoisotopic (exact) mass is 205 g/mol. The van der Waals surface area contributed by atoms with Gasteiger partial charge < -0.3 is 10.0 Å². The highest BCUT2D eigenvalue weighted by Gasteiger charge is 2.23. The van der Waals surface area contributed by atoms with E-state index in [1.165, 1.54) is 11.3 Å². The van der Waals surface area contributed by atoms with Gasteiger partial charge in [0.15, 0.2) is 0 Å². The standard InChI is InChI=1S/C12H15NO2/c1-9(8-12(14)15)13-7-6-10-4-2-3-5-11(10)13/h2-5,9H,6-8H2,1H3,(H,14,15). The van der Waals surface area contributed by atoms with Gasteiger partial charge in [0.25, 0.3) is 0 Å². The van der Waals surface area contributed by atoms with E-state index >= 15 is 0 Å². The number of para-hydroxylation sites is 1. The van der Waals surface area contributed by atoms with E-state index in [1.54, 1.807) is 0 Å². The van der Waals surface area contributed by atoms with Crippen LogP contribution in [0.15, 0.2) is 24.3 Å². The molecule has 0 radical (unpaired) electrons. The quantitative estimate of drug-likeness (QED) is 0.819. The van der Waals surface area contributed by atoms with Gasteiger partial charge in [0.2, 0.25) is 0 Å². The van der Waals surface area contributed by atoms with Crippen LogP contribution >= 0.6 is 0 Å². The van der Waals surface area contributed by atoms with Crippen molar-refractivity contribution in [3.63, 3.8) is 0 Å². The molecule has 3 nitrogen and oxygen atoms in total. The first-order chi connectivity index (χ1) is 7.18. The molecule has 0 aliphatic carbocycles. The van der Waals surface area contributed by atoms with Gasteiger partial charge in [0.05, 0.1) is 6.42 Å². The van der Waals surface area contributed by atoms with Gasteiger partial charge in [-0.25, -0.2) is 0 Å². The van der Waals surface area contributed by atoms with Gasteiger partial charge in [-0.15, -0.1) is 0 Å². The third-order valence-corrected chi connectivity index (χ3v) is 2.93. The third-order valence-electron chi connectivity index (χ3n) is 2.93. The summed E-state index contributed by atoms with van der Waals surface area (Å²) in [5.74, 6) is -0.730. The zero-order valence-corrected chi connectivity index (χ0v) is 8.81. The summed E-state index contributed by atoms with van der Waals surface area (Å²) in [5.41, 5.74) is 2.53. The summed E-state index contributed by atoms with van der Waals surface area (Å²) in [6.45, 7) is 2.91. The maximum atomic E-state index is 10.7. The van der Waals surface area contributed by atoms with Crippen LogP contribution in [-0.2, 0) is 11.2 Å². The second kappa shape index (κ2) is 3.93. The maximum Gasteiger partial charge on any atom is 0.305 e. The highest BCUT2D eigenvalue weighted by atomic mass is 16.4. The molecule has 80 valence electrons. The number of aliphatic carboxylic acids is 1. The largest absolute Gasteiger partial charge is 0.481 e. The lowest BCUT2D eigenvalue weighted by atomic mass is 10.1. The van der Waals surface area contributed by atoms with Gasteiger partial charge in [0.1, 0.15) is 0 Å². The summed E-state index contributed by atoms with van der Waals surface area (Å²) in [7, 11) is 0. The van der Waals surface area contributed by atoms with Crippen LogP contribution in [-0.4, -0.2) is 23.7 Å². The Morgan fingerprint density at radius 3 is 3.00 bits per heavy atom. The fraction of sp³-hybridized carbons (Fsp3) is 0.417. The number of nitrogens with zero attached hydrogens (tertiary/aromatic N) is 1. The SMILES string of the molecule is CC(CC(=O)O)N1CCc2ccccc21. The molecule has 0 fully saturated rings. The number of rotatable bonds is 3. The Hall–Kier alpha value is -1.51. The molecule has 3 heteroatoms. The number of carbonyl (C=O) groups is 1. The molecule has 0 saturated heterocycles. The number of hydrogen-bond acceptors (Lipinski definition) is 2. The van der Waals surface area contributed by atoms with Gasteiger partial charge >= 0.3 is 5.97 Å². The van der Waals surface area contributed by atoms with Crippen LogP contribution in [0.4, 0.5) is 5.69 Å². The van der Waals surface area contributed by atoms with Gasteiger partial charge in [-0.1, -0.05) is 18.2 Å². The smallest absolute Gasteiger partial charge is 0.305 e. The average molecular weight is 205 g/mol. The Balaban J connectivity index is 2.16. The highest BCUT2D eigenvalue weighted by molar-refractivity contribution is 5.69. The summed E-state index contributed by atoms with van der Waals surface area (Å²) >= 11 is 0. The van der Waals surface area contributed by atoms with Crippen molar-refractivity contribution in [3.8, 4) is 0 Å². The number of hydrogen-bond donors (Lipinski definition) is 1. The molecule has 1 aliphatic heterocycles. The van der Waals surface area contributed by atoms with E-state index in [0.717, 1.165) is 13.0 Å². The van der Waals surface area contributed by atoms with E-state index in [-0.39, 0.29) is 12.5 Å². The van der Waals surface area contributed by atoms with Crippen LogP contribution in [0.2, 0.25) is 0 Å². The van der Waals surface area contributed by atoms with E-state index in [4.69, 9.17) is 5.11 Å². The Bertz CT molecular complexity index is 376. The molecule has 1 N–H and O–H groups in total. The second-order valence-electron chi connectivity index (χ2n) is 4.02. The number of benzene rings is 1. The zero-order chi connectivity index (χ0) is 10.8. The highest BCUT2D eigenvalue weighted by Crippen LogP contribution is 2.29. The van der Waals surface area contributed by atoms with Crippen LogP contribution in [0.1, 0.15) is 18.9 Å². The summed E-state index contributed by atoms with van der Waals surface area (Å²) < 4.78 is 0. The number of carboxylic acid groups (broad SMARTS) is 1. The Kier molecular flexibility index (Phi) is 2.62. The summed E-state index contributed by atoms with van der Waals surface area (Å²) in [4.78, 5) is 12.8. The van der Waals surface area contributed by atoms with Crippen molar-refractivity contribution in [1.29, 1.82) is 0 Å². The molecule has 0 bridgehead atoms. The predicted molar refractivity (Wildman–Crippen MR) is 59.2 cm³/mol. The molecule has 0 spiro atoms. The van der Waals surface area contributed by atoms with Crippen LogP contribution < -0.4 is 4.90 Å². The van der Waals surface area contributed by atoms with Gasteiger partial charge in [0, 0.05) is 18.3 Å². The molecular weight excluding hydrogens is 190 g/mol. The molecular formula is C12H15NO2. The maximum absolute atomic E-state index is 10.7. The number of fused-ring (bicyclic) bond motifs is 1. The Morgan fingerprint density at radius 1 is 1.53 bits per heavy atom. The average Bonchev–Trinajstić information content (AvgIpc) is 2.59. The first-order valence-electron chi connectivity index (χ1n) is 5.25. The van der Waals surface area contributed by atoms with Gasteiger partial charge in [-0.3, -0.25) is 4.79 Å². The summed E-state index contributed by atoms with van der Waals surface area (Å²) in [5, 5.41) is 8.77. The number of anilines is 1. The topological polar surface area (TPSA) is 40.5 Å². The van der Waals surface area contributed by atoms with Crippen LogP contribution in [0.5, 0.6) is 0 Å². The van der Waals surface area contributed by atoms with Crippen LogP contribution in [0, 0.1) is 0 Å². The van der Waals surface area contributed by atoms with Gasteiger partial charge in [-0.2, -0.15) is 0 Å². The van der Waals surface area contributed by atoms with Crippen LogP contribution in [0.25, 0.3) is 0 Å². The summed E-state index contributed by atoms with van der Waals surface area (Å²) in [6.07, 6.45) is 1.23. The van der Waals surface area contributed by atoms with E-state index in [9.17, 15) is 4.79 Å². The Morgan fingerprint density at radius 2 is 2.27 bits per heavy atom. The van der Waals surface area contributed by atoms with Crippen molar-refractivity contribution in [2.45, 2.75) is 25.8 Å². The van der Waals surface area contributed by atoms with E-state index < -0.39 is 5.97 Å². The van der Waals surface area contributed by atoms with Crippen molar-refractivity contribution < 1.29 is 9.90 Å². The molecule has 0 amide bonds. The first kappa shape index (κ1) is 10.0. The van der Waals surface area contributed by atoms with Crippen molar-refractivity contribution >= 4 is 11.7 Å². The lowest BCUT2D eigenvalue weighted by molar-refractivity contribution is -0.137. The van der Waals surface area contributed by atoms with Crippen LogP contribution in [0.3, 0.4) is 0 Å². The minimum Gasteiger partial charge on any atom is -0.481 e. The molecule has 1 unspecified atom stereocenters. The Labute approximate surface area is 89.3 Å². The number of carboxylic acids is 1. The fourth-order valence-corrected chi connectivity index (χ4v) is 2.18. The predicted octanol–water partition coefficient (Wildman–Crippen LogP) is 1.91. The van der Waals surface area contributed by atoms with E-state index in [0.29, 0.717) is 0 Å². The van der Waals surface area contributed by atoms with Crippen molar-refractivity contribution in [2.75, 3.05) is 11.4 Å². The fourth-order valence-electron chi connectivity index (χ4n) is 2.18. The molecule has 1 aromatic carbocycles. The molecule has 0 saturated carbocycles. The second-order valence-corrected chi connectivity index (χ2v) is 4.02. The third kappa shape index (κ3) is 1.96. The molecule has 1 atom stereocenters. The van der Waals surface area contributed by atoms with Crippen molar-refractivity contribution in [1.82, 2.24) is 0 Å². The minimum atomic E-state index is -0.730. The molecule has 1 aliphatic rings. The van der Waals surface area contributed by atoms with Crippen molar-refractivity contribution in [3.05, 3.63) is 29.8 Å². The zero-order valence-electron chi connectivity index (χ0n) is 8.81. The lowest BCUT2D eigenvalue weighted by Gasteiger charge is -2.25. The van der Waals surface area contributed by atoms with Crippen molar-refractivity contribution in [2.24, 2.45) is 0 Å². The van der Waals surface area contributed by atoms with Gasteiger partial charge in [-0.05, 0) is 25.0 Å². The molecule has 1 aromatic rings. The van der Waals surface area contributed by atoms with E-state index in [2.05, 4.69) is 17.0 Å². The van der Waals surface area contributed by atoms with E-state index in [1.807, 2.05) is 19.1 Å². The molecule has 0 aromatic heterocycles. The molecule has 2 rings (SSSR count). The lowest BCUT2D eigenvalue weighted by Crippen LogP contribution is -2.33. The molecule has 1 heterocycles.